The van der Waals surface area contributed by atoms with Crippen molar-refractivity contribution in [1.29, 1.82) is 0 Å². The third-order valence-electron chi connectivity index (χ3n) is 4.02. The molecule has 0 spiro atoms. The van der Waals surface area contributed by atoms with E-state index in [9.17, 15) is 4.79 Å². The van der Waals surface area contributed by atoms with E-state index >= 15 is 0 Å². The molecule has 0 bridgehead atoms. The lowest BCUT2D eigenvalue weighted by Crippen LogP contribution is -2.38. The van der Waals surface area contributed by atoms with Gasteiger partial charge in [0.1, 0.15) is 5.75 Å². The summed E-state index contributed by atoms with van der Waals surface area (Å²) in [6.07, 6.45) is 6.46. The maximum atomic E-state index is 11.9. The van der Waals surface area contributed by atoms with Gasteiger partial charge in [0.15, 0.2) is 0 Å². The molecule has 122 valence electrons. The van der Waals surface area contributed by atoms with Gasteiger partial charge in [-0.2, -0.15) is 0 Å². The zero-order valence-electron chi connectivity index (χ0n) is 13.2. The number of anilines is 1. The van der Waals surface area contributed by atoms with Crippen LogP contribution in [0.15, 0.2) is 24.3 Å². The number of amides is 2. The molecule has 22 heavy (non-hydrogen) atoms. The van der Waals surface area contributed by atoms with E-state index in [0.29, 0.717) is 12.5 Å². The summed E-state index contributed by atoms with van der Waals surface area (Å²) in [5.74, 6) is 0.851. The van der Waals surface area contributed by atoms with Gasteiger partial charge in [-0.05, 0) is 62.8 Å². The van der Waals surface area contributed by atoms with Crippen LogP contribution in [0.4, 0.5) is 10.5 Å². The average Bonchev–Trinajstić information content (AvgIpc) is 3.01. The number of benzene rings is 1. The number of carbonyl (C=O) groups excluding carboxylic acids is 1. The fraction of sp³-hybridized carbons (Fsp3) is 0.588. The van der Waals surface area contributed by atoms with Crippen LogP contribution >= 0.6 is 0 Å². The zero-order chi connectivity index (χ0) is 15.8. The molecular formula is C17H26N2O3. The van der Waals surface area contributed by atoms with E-state index in [2.05, 4.69) is 10.6 Å². The van der Waals surface area contributed by atoms with E-state index in [0.717, 1.165) is 30.7 Å². The number of urea groups is 1. The van der Waals surface area contributed by atoms with Crippen LogP contribution in [-0.4, -0.2) is 29.9 Å². The fourth-order valence-corrected chi connectivity index (χ4v) is 2.70. The van der Waals surface area contributed by atoms with Crippen LogP contribution in [0.1, 0.15) is 45.4 Å². The molecule has 1 atom stereocenters. The Kier molecular flexibility index (Phi) is 6.52. The molecule has 1 aliphatic carbocycles. The lowest BCUT2D eigenvalue weighted by molar-refractivity contribution is 0.210. The highest BCUT2D eigenvalue weighted by molar-refractivity contribution is 5.89. The molecule has 1 fully saturated rings. The Morgan fingerprint density at radius 1 is 1.32 bits per heavy atom. The first-order valence-electron chi connectivity index (χ1n) is 8.16. The summed E-state index contributed by atoms with van der Waals surface area (Å²) in [7, 11) is 0. The first-order chi connectivity index (χ1) is 10.7. The molecule has 2 rings (SSSR count). The highest BCUT2D eigenvalue weighted by atomic mass is 16.5. The van der Waals surface area contributed by atoms with Gasteiger partial charge in [-0.1, -0.05) is 6.92 Å². The second-order valence-electron chi connectivity index (χ2n) is 5.76. The summed E-state index contributed by atoms with van der Waals surface area (Å²) < 4.78 is 5.89. The van der Waals surface area contributed by atoms with Crippen molar-refractivity contribution in [3.05, 3.63) is 24.3 Å². The lowest BCUT2D eigenvalue weighted by atomic mass is 10.2. The van der Waals surface area contributed by atoms with E-state index in [1.54, 1.807) is 0 Å². The number of hydrogen-bond donors (Lipinski definition) is 3. The minimum absolute atomic E-state index is 0.00465. The van der Waals surface area contributed by atoms with Crippen molar-refractivity contribution in [2.24, 2.45) is 0 Å². The summed E-state index contributed by atoms with van der Waals surface area (Å²) in [6.45, 7) is 2.06. The van der Waals surface area contributed by atoms with Crippen molar-refractivity contribution in [2.75, 3.05) is 11.9 Å². The fourth-order valence-electron chi connectivity index (χ4n) is 2.70. The number of hydrogen-bond acceptors (Lipinski definition) is 3. The zero-order valence-corrected chi connectivity index (χ0v) is 13.2. The Bertz CT molecular complexity index is 455. The van der Waals surface area contributed by atoms with E-state index in [1.165, 1.54) is 12.8 Å². The predicted octanol–water partition coefficient (Wildman–Crippen LogP) is 3.29. The normalized spacial score (nSPS) is 16.3. The molecule has 0 saturated heterocycles. The van der Waals surface area contributed by atoms with Crippen LogP contribution in [0.25, 0.3) is 0 Å². The van der Waals surface area contributed by atoms with Crippen molar-refractivity contribution < 1.29 is 14.6 Å². The standard InChI is InChI=1S/C17H26N2O3/c1-2-13(11-12-20)18-17(21)19-14-7-9-16(10-8-14)22-15-5-3-4-6-15/h7-10,13,15,20H,2-6,11-12H2,1H3,(H2,18,19,21). The van der Waals surface area contributed by atoms with Gasteiger partial charge in [-0.25, -0.2) is 4.79 Å². The van der Waals surface area contributed by atoms with Crippen LogP contribution in [0.3, 0.4) is 0 Å². The summed E-state index contributed by atoms with van der Waals surface area (Å²) in [5.41, 5.74) is 0.732. The van der Waals surface area contributed by atoms with Gasteiger partial charge in [-0.3, -0.25) is 0 Å². The summed E-state index contributed by atoms with van der Waals surface area (Å²) in [5, 5.41) is 14.6. The molecule has 1 saturated carbocycles. The van der Waals surface area contributed by atoms with Gasteiger partial charge in [-0.15, -0.1) is 0 Å². The minimum atomic E-state index is -0.246. The van der Waals surface area contributed by atoms with E-state index in [1.807, 2.05) is 31.2 Å². The molecule has 1 aromatic carbocycles. The van der Waals surface area contributed by atoms with Crippen LogP contribution in [0.5, 0.6) is 5.75 Å². The van der Waals surface area contributed by atoms with Crippen LogP contribution in [0.2, 0.25) is 0 Å². The molecule has 1 aromatic rings. The van der Waals surface area contributed by atoms with Crippen molar-refractivity contribution in [1.82, 2.24) is 5.32 Å². The SMILES string of the molecule is CCC(CCO)NC(=O)Nc1ccc(OC2CCCC2)cc1. The summed E-state index contributed by atoms with van der Waals surface area (Å²) >= 11 is 0. The van der Waals surface area contributed by atoms with Crippen LogP contribution < -0.4 is 15.4 Å². The Hall–Kier alpha value is -1.75. The van der Waals surface area contributed by atoms with Crippen LogP contribution in [-0.2, 0) is 0 Å². The molecule has 3 N–H and O–H groups in total. The monoisotopic (exact) mass is 306 g/mol. The number of carbonyl (C=O) groups is 1. The highest BCUT2D eigenvalue weighted by Crippen LogP contribution is 2.24. The Balaban J connectivity index is 1.81. The van der Waals surface area contributed by atoms with Crippen molar-refractivity contribution in [3.8, 4) is 5.75 Å². The molecule has 0 aromatic heterocycles. The van der Waals surface area contributed by atoms with E-state index in [-0.39, 0.29) is 18.7 Å². The first kappa shape index (κ1) is 16.6. The van der Waals surface area contributed by atoms with Crippen molar-refractivity contribution >= 4 is 11.7 Å². The molecule has 0 radical (unpaired) electrons. The average molecular weight is 306 g/mol. The van der Waals surface area contributed by atoms with Gasteiger partial charge >= 0.3 is 6.03 Å². The third kappa shape index (κ3) is 5.22. The predicted molar refractivity (Wildman–Crippen MR) is 87.3 cm³/mol. The summed E-state index contributed by atoms with van der Waals surface area (Å²) in [4.78, 5) is 11.9. The first-order valence-corrected chi connectivity index (χ1v) is 8.16. The Morgan fingerprint density at radius 2 is 2.00 bits per heavy atom. The van der Waals surface area contributed by atoms with Crippen molar-refractivity contribution in [3.63, 3.8) is 0 Å². The second-order valence-corrected chi connectivity index (χ2v) is 5.76. The van der Waals surface area contributed by atoms with E-state index in [4.69, 9.17) is 9.84 Å². The molecule has 5 heteroatoms. The van der Waals surface area contributed by atoms with Gasteiger partial charge in [0.2, 0.25) is 0 Å². The van der Waals surface area contributed by atoms with Gasteiger partial charge < -0.3 is 20.5 Å². The smallest absolute Gasteiger partial charge is 0.319 e. The Morgan fingerprint density at radius 3 is 2.59 bits per heavy atom. The Labute approximate surface area is 132 Å². The van der Waals surface area contributed by atoms with Gasteiger partial charge in [0, 0.05) is 18.3 Å². The molecule has 2 amide bonds. The number of nitrogens with one attached hydrogen (secondary N) is 2. The molecule has 0 heterocycles. The topological polar surface area (TPSA) is 70.6 Å². The number of ether oxygens (including phenoxy) is 1. The molecule has 1 unspecified atom stereocenters. The maximum Gasteiger partial charge on any atom is 0.319 e. The number of aliphatic hydroxyl groups is 1. The van der Waals surface area contributed by atoms with E-state index < -0.39 is 0 Å². The van der Waals surface area contributed by atoms with Gasteiger partial charge in [0.25, 0.3) is 0 Å². The molecular weight excluding hydrogens is 280 g/mol. The van der Waals surface area contributed by atoms with Crippen molar-refractivity contribution in [2.45, 2.75) is 57.6 Å². The summed E-state index contributed by atoms with van der Waals surface area (Å²) in [6, 6.07) is 7.21. The lowest BCUT2D eigenvalue weighted by Gasteiger charge is -2.17. The quantitative estimate of drug-likeness (QED) is 0.724. The van der Waals surface area contributed by atoms with Gasteiger partial charge in [0.05, 0.1) is 6.10 Å². The van der Waals surface area contributed by atoms with Crippen LogP contribution in [0, 0.1) is 0 Å². The number of aliphatic hydroxyl groups excluding tert-OH is 1. The maximum absolute atomic E-state index is 11.9. The third-order valence-corrected chi connectivity index (χ3v) is 4.02. The second kappa shape index (κ2) is 8.63. The molecule has 0 aliphatic heterocycles. The highest BCUT2D eigenvalue weighted by Gasteiger charge is 2.16. The molecule has 1 aliphatic rings. The minimum Gasteiger partial charge on any atom is -0.490 e. The number of rotatable bonds is 7. The molecule has 5 nitrogen and oxygen atoms in total. The largest absolute Gasteiger partial charge is 0.490 e.